The van der Waals surface area contributed by atoms with Gasteiger partial charge in [-0.2, -0.15) is 0 Å². The van der Waals surface area contributed by atoms with E-state index >= 15 is 0 Å². The Labute approximate surface area is 139 Å². The molecule has 0 aromatic rings. The Bertz CT molecular complexity index is 324. The van der Waals surface area contributed by atoms with Gasteiger partial charge in [0.05, 0.1) is 22.9 Å². The molecule has 0 aliphatic heterocycles. The van der Waals surface area contributed by atoms with E-state index in [4.69, 9.17) is 14.2 Å². The SMILES string of the molecule is COC(C)(C)CC(C)OC(C)(C)C(C)(C)CCOC(C)(C)C. The van der Waals surface area contributed by atoms with E-state index in [1.54, 1.807) is 7.11 Å². The van der Waals surface area contributed by atoms with Gasteiger partial charge in [0.1, 0.15) is 0 Å². The number of rotatable bonds is 9. The van der Waals surface area contributed by atoms with E-state index in [0.29, 0.717) is 0 Å². The van der Waals surface area contributed by atoms with Crippen molar-refractivity contribution in [3.63, 3.8) is 0 Å². The maximum absolute atomic E-state index is 6.39. The van der Waals surface area contributed by atoms with Crippen LogP contribution in [0.25, 0.3) is 0 Å². The van der Waals surface area contributed by atoms with Crippen molar-refractivity contribution in [2.75, 3.05) is 13.7 Å². The van der Waals surface area contributed by atoms with E-state index in [9.17, 15) is 0 Å². The summed E-state index contributed by atoms with van der Waals surface area (Å²) < 4.78 is 17.8. The molecule has 0 rings (SSSR count). The Morgan fingerprint density at radius 2 is 1.36 bits per heavy atom. The highest BCUT2D eigenvalue weighted by molar-refractivity contribution is 4.89. The molecular weight excluding hydrogens is 276 g/mol. The molecular formula is C19H40O3. The first-order chi connectivity index (χ1) is 9.62. The van der Waals surface area contributed by atoms with Gasteiger partial charge in [-0.15, -0.1) is 0 Å². The zero-order valence-electron chi connectivity index (χ0n) is 16.9. The molecule has 0 spiro atoms. The molecule has 0 aliphatic carbocycles. The second-order valence-corrected chi connectivity index (χ2v) is 9.20. The molecule has 0 saturated heterocycles. The van der Waals surface area contributed by atoms with Gasteiger partial charge in [0.2, 0.25) is 0 Å². The van der Waals surface area contributed by atoms with Gasteiger partial charge in [-0.05, 0) is 67.2 Å². The molecule has 0 saturated carbocycles. The quantitative estimate of drug-likeness (QED) is 0.584. The third-order valence-corrected chi connectivity index (χ3v) is 4.72. The van der Waals surface area contributed by atoms with E-state index in [0.717, 1.165) is 19.4 Å². The minimum Gasteiger partial charge on any atom is -0.379 e. The lowest BCUT2D eigenvalue weighted by Crippen LogP contribution is -2.46. The maximum Gasteiger partial charge on any atom is 0.0681 e. The van der Waals surface area contributed by atoms with Gasteiger partial charge < -0.3 is 14.2 Å². The summed E-state index contributed by atoms with van der Waals surface area (Å²) in [5.41, 5.74) is -0.437. The fourth-order valence-electron chi connectivity index (χ4n) is 2.39. The summed E-state index contributed by atoms with van der Waals surface area (Å²) in [6.07, 6.45) is 1.99. The molecule has 3 nitrogen and oxygen atoms in total. The lowest BCUT2D eigenvalue weighted by atomic mass is 9.74. The molecule has 0 fully saturated rings. The molecule has 0 heterocycles. The van der Waals surface area contributed by atoms with Crippen molar-refractivity contribution in [1.29, 1.82) is 0 Å². The van der Waals surface area contributed by atoms with E-state index in [1.165, 1.54) is 0 Å². The van der Waals surface area contributed by atoms with Crippen molar-refractivity contribution < 1.29 is 14.2 Å². The van der Waals surface area contributed by atoms with Crippen molar-refractivity contribution >= 4 is 0 Å². The summed E-state index contributed by atoms with van der Waals surface area (Å²) in [6, 6.07) is 0. The first-order valence-corrected chi connectivity index (χ1v) is 8.49. The molecule has 1 atom stereocenters. The van der Waals surface area contributed by atoms with Crippen molar-refractivity contribution in [3.05, 3.63) is 0 Å². The van der Waals surface area contributed by atoms with Gasteiger partial charge >= 0.3 is 0 Å². The summed E-state index contributed by atoms with van der Waals surface area (Å²) in [7, 11) is 1.76. The highest BCUT2D eigenvalue weighted by Gasteiger charge is 2.39. The molecule has 1 unspecified atom stereocenters. The van der Waals surface area contributed by atoms with Crippen LogP contribution in [0.3, 0.4) is 0 Å². The van der Waals surface area contributed by atoms with Crippen LogP contribution in [0.4, 0.5) is 0 Å². The largest absolute Gasteiger partial charge is 0.379 e. The second-order valence-electron chi connectivity index (χ2n) is 9.20. The van der Waals surface area contributed by atoms with E-state index < -0.39 is 0 Å². The molecule has 3 heteroatoms. The first kappa shape index (κ1) is 21.9. The fraction of sp³-hybridized carbons (Fsp3) is 1.00. The van der Waals surface area contributed by atoms with Gasteiger partial charge in [0.15, 0.2) is 0 Å². The standard InChI is InChI=1S/C19H40O3/c1-15(14-18(7,8)20-11)22-19(9,10)17(5,6)12-13-21-16(2,3)4/h15H,12-14H2,1-11H3. The van der Waals surface area contributed by atoms with Gasteiger partial charge in [-0.3, -0.25) is 0 Å². The van der Waals surface area contributed by atoms with Crippen LogP contribution in [-0.4, -0.2) is 36.6 Å². The molecule has 134 valence electrons. The van der Waals surface area contributed by atoms with Crippen LogP contribution in [0.1, 0.15) is 82.1 Å². The third-order valence-electron chi connectivity index (χ3n) is 4.72. The Morgan fingerprint density at radius 3 is 1.77 bits per heavy atom. The van der Waals surface area contributed by atoms with Crippen LogP contribution < -0.4 is 0 Å². The Morgan fingerprint density at radius 1 is 0.864 bits per heavy atom. The Balaban J connectivity index is 4.62. The van der Waals surface area contributed by atoms with Gasteiger partial charge in [0.25, 0.3) is 0 Å². The second kappa shape index (κ2) is 7.63. The maximum atomic E-state index is 6.39. The fourth-order valence-corrected chi connectivity index (χ4v) is 2.39. The summed E-state index contributed by atoms with van der Waals surface area (Å²) in [5.74, 6) is 0. The summed E-state index contributed by atoms with van der Waals surface area (Å²) >= 11 is 0. The monoisotopic (exact) mass is 316 g/mol. The van der Waals surface area contributed by atoms with E-state index in [1.807, 2.05) is 0 Å². The molecule has 0 radical (unpaired) electrons. The van der Waals surface area contributed by atoms with Crippen LogP contribution in [-0.2, 0) is 14.2 Å². The van der Waals surface area contributed by atoms with Crippen LogP contribution >= 0.6 is 0 Å². The minimum absolute atomic E-state index is 0.0315. The number of ether oxygens (including phenoxy) is 3. The van der Waals surface area contributed by atoms with Crippen molar-refractivity contribution in [1.82, 2.24) is 0 Å². The zero-order valence-corrected chi connectivity index (χ0v) is 16.9. The lowest BCUT2D eigenvalue weighted by Gasteiger charge is -2.44. The highest BCUT2D eigenvalue weighted by atomic mass is 16.5. The van der Waals surface area contributed by atoms with Crippen molar-refractivity contribution in [2.24, 2.45) is 5.41 Å². The smallest absolute Gasteiger partial charge is 0.0681 e. The normalized spacial score (nSPS) is 16.0. The Kier molecular flexibility index (Phi) is 7.59. The van der Waals surface area contributed by atoms with Gasteiger partial charge in [0, 0.05) is 20.1 Å². The average molecular weight is 317 g/mol. The van der Waals surface area contributed by atoms with Crippen LogP contribution in [0.5, 0.6) is 0 Å². The number of hydrogen-bond donors (Lipinski definition) is 0. The zero-order chi connectivity index (χ0) is 17.8. The van der Waals surface area contributed by atoms with Gasteiger partial charge in [-0.1, -0.05) is 13.8 Å². The molecule has 0 aromatic carbocycles. The van der Waals surface area contributed by atoms with Crippen molar-refractivity contribution in [3.8, 4) is 0 Å². The van der Waals surface area contributed by atoms with Gasteiger partial charge in [-0.25, -0.2) is 0 Å². The average Bonchev–Trinajstić information content (AvgIpc) is 2.24. The lowest BCUT2D eigenvalue weighted by molar-refractivity contribution is -0.157. The first-order valence-electron chi connectivity index (χ1n) is 8.49. The van der Waals surface area contributed by atoms with Crippen LogP contribution in [0, 0.1) is 5.41 Å². The number of methoxy groups -OCH3 is 1. The predicted octanol–water partition coefficient (Wildman–Crippen LogP) is 5.22. The molecule has 0 aromatic heterocycles. The molecule has 0 amide bonds. The summed E-state index contributed by atoms with van der Waals surface area (Å²) in [5, 5.41) is 0. The van der Waals surface area contributed by atoms with Crippen molar-refractivity contribution in [2.45, 2.75) is 105 Å². The summed E-state index contributed by atoms with van der Waals surface area (Å²) in [4.78, 5) is 0. The molecule has 0 aliphatic rings. The molecule has 0 N–H and O–H groups in total. The van der Waals surface area contributed by atoms with Crippen LogP contribution in [0.2, 0.25) is 0 Å². The van der Waals surface area contributed by atoms with E-state index in [2.05, 4.69) is 69.2 Å². The number of hydrogen-bond acceptors (Lipinski definition) is 3. The highest BCUT2D eigenvalue weighted by Crippen LogP contribution is 2.39. The Hall–Kier alpha value is -0.120. The van der Waals surface area contributed by atoms with Crippen LogP contribution in [0.15, 0.2) is 0 Å². The topological polar surface area (TPSA) is 27.7 Å². The molecule has 0 bridgehead atoms. The third kappa shape index (κ3) is 7.94. The predicted molar refractivity (Wildman–Crippen MR) is 94.4 cm³/mol. The minimum atomic E-state index is -0.225. The van der Waals surface area contributed by atoms with E-state index in [-0.39, 0.29) is 28.3 Å². The summed E-state index contributed by atoms with van der Waals surface area (Å²) in [6.45, 7) is 22.2. The molecule has 22 heavy (non-hydrogen) atoms.